The Labute approximate surface area is 202 Å². The van der Waals surface area contributed by atoms with Gasteiger partial charge in [-0.25, -0.2) is 0 Å². The number of fused-ring (bicyclic) bond motifs is 1. The number of nitrogens with one attached hydrogen (secondary N) is 1. The zero-order valence-electron chi connectivity index (χ0n) is 19.1. The second-order valence-electron chi connectivity index (χ2n) is 9.06. The van der Waals surface area contributed by atoms with Crippen molar-refractivity contribution in [2.75, 3.05) is 0 Å². The highest BCUT2D eigenvalue weighted by Crippen LogP contribution is 2.41. The minimum atomic E-state index is -0.312. The van der Waals surface area contributed by atoms with Crippen LogP contribution < -0.4 is 5.32 Å². The summed E-state index contributed by atoms with van der Waals surface area (Å²) in [4.78, 5) is 26.4. The van der Waals surface area contributed by atoms with Gasteiger partial charge in [0.15, 0.2) is 5.78 Å². The van der Waals surface area contributed by atoms with Crippen LogP contribution in [0.5, 0.6) is 11.5 Å². The van der Waals surface area contributed by atoms with Crippen LogP contribution in [0.2, 0.25) is 0 Å². The van der Waals surface area contributed by atoms with E-state index in [1.54, 1.807) is 72.8 Å². The smallest absolute Gasteiger partial charge is 0.244 e. The molecule has 0 radical (unpaired) electrons. The summed E-state index contributed by atoms with van der Waals surface area (Å²) in [5, 5.41) is 23.2. The van der Waals surface area contributed by atoms with E-state index >= 15 is 0 Å². The molecule has 0 unspecified atom stereocenters. The maximum Gasteiger partial charge on any atom is 0.244 e. The molecule has 0 aliphatic heterocycles. The van der Waals surface area contributed by atoms with Crippen molar-refractivity contribution in [1.82, 2.24) is 5.32 Å². The number of benzene rings is 3. The third-order valence-electron chi connectivity index (χ3n) is 5.13. The Bertz CT molecular complexity index is 1390. The van der Waals surface area contributed by atoms with Crippen molar-refractivity contribution in [2.45, 2.75) is 26.3 Å². The Morgan fingerprint density at radius 1 is 0.882 bits per heavy atom. The maximum atomic E-state index is 13.6. The number of hydrogen-bond acceptors (Lipinski definition) is 5. The summed E-state index contributed by atoms with van der Waals surface area (Å²) in [6, 6.07) is 18.8. The number of rotatable bonds is 5. The molecule has 34 heavy (non-hydrogen) atoms. The van der Waals surface area contributed by atoms with Crippen LogP contribution in [0.15, 0.2) is 72.8 Å². The first-order valence-corrected chi connectivity index (χ1v) is 11.6. The fourth-order valence-corrected chi connectivity index (χ4v) is 4.84. The van der Waals surface area contributed by atoms with Crippen molar-refractivity contribution in [3.05, 3.63) is 89.5 Å². The van der Waals surface area contributed by atoms with Gasteiger partial charge in [0.2, 0.25) is 5.91 Å². The third-order valence-corrected chi connectivity index (χ3v) is 6.33. The topological polar surface area (TPSA) is 86.6 Å². The molecule has 3 N–H and O–H groups in total. The second-order valence-corrected chi connectivity index (χ2v) is 10.1. The molecule has 6 heteroatoms. The standard InChI is InChI=1S/C28H25NO4S/c1-28(2,3)29-24(32)15-6-17-4-7-18(8-5-17)26(33)25-22-14-13-21(31)16-23(22)34-27(25)19-9-11-20(30)12-10-19/h4-16,30-31H,1-3H3,(H,29,32)/b15-6+. The van der Waals surface area contributed by atoms with Gasteiger partial charge in [-0.15, -0.1) is 11.3 Å². The van der Waals surface area contributed by atoms with E-state index in [4.69, 9.17) is 0 Å². The number of hydrogen-bond donors (Lipinski definition) is 3. The van der Waals surface area contributed by atoms with E-state index in [1.165, 1.54) is 17.4 Å². The maximum absolute atomic E-state index is 13.6. The van der Waals surface area contributed by atoms with Gasteiger partial charge < -0.3 is 15.5 Å². The van der Waals surface area contributed by atoms with E-state index in [-0.39, 0.29) is 28.7 Å². The molecule has 4 rings (SSSR count). The van der Waals surface area contributed by atoms with E-state index in [2.05, 4.69) is 5.32 Å². The molecule has 1 aromatic heterocycles. The van der Waals surface area contributed by atoms with Gasteiger partial charge in [0, 0.05) is 37.7 Å². The molecular formula is C28H25NO4S. The summed E-state index contributed by atoms with van der Waals surface area (Å²) in [5.74, 6) is -0.0351. The van der Waals surface area contributed by atoms with E-state index < -0.39 is 0 Å². The van der Waals surface area contributed by atoms with Crippen LogP contribution in [0.1, 0.15) is 42.3 Å². The van der Waals surface area contributed by atoms with Crippen LogP contribution in [-0.2, 0) is 4.79 Å². The number of phenolic OH excluding ortho intramolecular Hbond substituents is 2. The van der Waals surface area contributed by atoms with Gasteiger partial charge in [0.05, 0.1) is 0 Å². The monoisotopic (exact) mass is 471 g/mol. The van der Waals surface area contributed by atoms with Crippen LogP contribution in [0, 0.1) is 0 Å². The molecule has 3 aromatic carbocycles. The number of phenols is 2. The van der Waals surface area contributed by atoms with Gasteiger partial charge in [-0.3, -0.25) is 9.59 Å². The van der Waals surface area contributed by atoms with Gasteiger partial charge in [-0.2, -0.15) is 0 Å². The molecule has 0 saturated heterocycles. The summed E-state index contributed by atoms with van der Waals surface area (Å²) in [6.07, 6.45) is 3.18. The predicted molar refractivity (Wildman–Crippen MR) is 137 cm³/mol. The highest BCUT2D eigenvalue weighted by atomic mass is 32.1. The lowest BCUT2D eigenvalue weighted by Crippen LogP contribution is -2.39. The molecule has 0 saturated carbocycles. The lowest BCUT2D eigenvalue weighted by molar-refractivity contribution is -0.117. The second kappa shape index (κ2) is 9.15. The molecule has 5 nitrogen and oxygen atoms in total. The fraction of sp³-hybridized carbons (Fsp3) is 0.143. The summed E-state index contributed by atoms with van der Waals surface area (Å²) < 4.78 is 0.802. The first kappa shape index (κ1) is 23.3. The lowest BCUT2D eigenvalue weighted by atomic mass is 9.97. The quantitative estimate of drug-likeness (QED) is 0.241. The Balaban J connectivity index is 1.68. The van der Waals surface area contributed by atoms with Gasteiger partial charge >= 0.3 is 0 Å². The van der Waals surface area contributed by atoms with Crippen LogP contribution in [-0.4, -0.2) is 27.4 Å². The molecule has 0 bridgehead atoms. The lowest BCUT2D eigenvalue weighted by Gasteiger charge is -2.18. The van der Waals surface area contributed by atoms with E-state index in [1.807, 2.05) is 20.8 Å². The van der Waals surface area contributed by atoms with Gasteiger partial charge in [-0.1, -0.05) is 24.3 Å². The van der Waals surface area contributed by atoms with E-state index in [9.17, 15) is 19.8 Å². The first-order chi connectivity index (χ1) is 16.1. The van der Waals surface area contributed by atoms with Crippen LogP contribution in [0.3, 0.4) is 0 Å². The molecule has 1 amide bonds. The molecule has 0 fully saturated rings. The number of carbonyl (C=O) groups excluding carboxylic acids is 2. The van der Waals surface area contributed by atoms with Crippen molar-refractivity contribution in [3.63, 3.8) is 0 Å². The highest BCUT2D eigenvalue weighted by molar-refractivity contribution is 7.22. The third kappa shape index (κ3) is 5.18. The number of carbonyl (C=O) groups is 2. The molecule has 172 valence electrons. The molecule has 0 aliphatic rings. The van der Waals surface area contributed by atoms with Crippen molar-refractivity contribution in [3.8, 4) is 21.9 Å². The Morgan fingerprint density at radius 2 is 1.53 bits per heavy atom. The molecular weight excluding hydrogens is 446 g/mol. The summed E-state index contributed by atoms with van der Waals surface area (Å²) in [7, 11) is 0. The van der Waals surface area contributed by atoms with Crippen LogP contribution >= 0.6 is 11.3 Å². The number of thiophene rings is 1. The number of ketones is 1. The minimum absolute atomic E-state index is 0.136. The van der Waals surface area contributed by atoms with Crippen molar-refractivity contribution in [2.24, 2.45) is 0 Å². The van der Waals surface area contributed by atoms with E-state index in [0.717, 1.165) is 26.1 Å². The molecule has 0 atom stereocenters. The zero-order valence-corrected chi connectivity index (χ0v) is 19.9. The van der Waals surface area contributed by atoms with E-state index in [0.29, 0.717) is 11.1 Å². The fourth-order valence-electron chi connectivity index (χ4n) is 3.60. The highest BCUT2D eigenvalue weighted by Gasteiger charge is 2.22. The SMILES string of the molecule is CC(C)(C)NC(=O)/C=C/c1ccc(C(=O)c2c(-c3ccc(O)cc3)sc3cc(O)ccc23)cc1. The number of aromatic hydroxyl groups is 2. The largest absolute Gasteiger partial charge is 0.508 e. The van der Waals surface area contributed by atoms with Crippen molar-refractivity contribution in [1.29, 1.82) is 0 Å². The normalized spacial score (nSPS) is 11.7. The average Bonchev–Trinajstić information content (AvgIpc) is 3.15. The van der Waals surface area contributed by atoms with Gasteiger partial charge in [-0.05, 0) is 80.4 Å². The molecule has 0 spiro atoms. The van der Waals surface area contributed by atoms with Crippen LogP contribution in [0.4, 0.5) is 0 Å². The Hall–Kier alpha value is -3.90. The zero-order chi connectivity index (χ0) is 24.5. The molecule has 0 aliphatic carbocycles. The molecule has 1 heterocycles. The predicted octanol–water partition coefficient (Wildman–Crippen LogP) is 6.14. The first-order valence-electron chi connectivity index (χ1n) is 10.8. The van der Waals surface area contributed by atoms with Gasteiger partial charge in [0.25, 0.3) is 0 Å². The summed E-state index contributed by atoms with van der Waals surface area (Å²) in [6.45, 7) is 5.75. The molecule has 4 aromatic rings. The summed E-state index contributed by atoms with van der Waals surface area (Å²) in [5.41, 5.74) is 2.38. The average molecular weight is 472 g/mol. The van der Waals surface area contributed by atoms with Crippen molar-refractivity contribution >= 4 is 39.2 Å². The number of amides is 1. The van der Waals surface area contributed by atoms with Crippen LogP contribution in [0.25, 0.3) is 26.6 Å². The Morgan fingerprint density at radius 3 is 2.18 bits per heavy atom. The van der Waals surface area contributed by atoms with Crippen molar-refractivity contribution < 1.29 is 19.8 Å². The minimum Gasteiger partial charge on any atom is -0.508 e. The van der Waals surface area contributed by atoms with Gasteiger partial charge in [0.1, 0.15) is 11.5 Å². The Kier molecular flexibility index (Phi) is 6.26. The summed E-state index contributed by atoms with van der Waals surface area (Å²) >= 11 is 1.42.